The van der Waals surface area contributed by atoms with E-state index < -0.39 is 22.0 Å². The second-order valence-electron chi connectivity index (χ2n) is 7.04. The highest BCUT2D eigenvalue weighted by Gasteiger charge is 2.33. The van der Waals surface area contributed by atoms with Gasteiger partial charge < -0.3 is 10.2 Å². The fourth-order valence-corrected chi connectivity index (χ4v) is 4.02. The molecule has 4 N–H and O–H groups in total. The standard InChI is InChI=1S/C19H22FN5O3S/c1-29(21,27)16-5-2-13(3-6-16)17-7-4-14(10-18(17)20)25-12-15(28-19(25)26)11-24-9-8-22-23-24/h2-10,15,22-23,29H,11-12H2,1H3,(H2,21,27)/t15-/m0/s1. The Morgan fingerprint density at radius 1 is 1.28 bits per heavy atom. The van der Waals surface area contributed by atoms with E-state index in [9.17, 15) is 13.4 Å². The smallest absolute Gasteiger partial charge is 0.414 e. The van der Waals surface area contributed by atoms with E-state index >= 15 is 0 Å². The minimum absolute atomic E-state index is 0.320. The Morgan fingerprint density at radius 2 is 2.03 bits per heavy atom. The minimum atomic E-state index is -2.86. The second kappa shape index (κ2) is 7.47. The molecule has 2 aliphatic heterocycles. The van der Waals surface area contributed by atoms with Gasteiger partial charge in [-0.25, -0.2) is 9.18 Å². The van der Waals surface area contributed by atoms with Crippen LogP contribution in [0, 0.1) is 5.82 Å². The first-order valence-electron chi connectivity index (χ1n) is 9.00. The normalized spacial score (nSPS) is 19.4. The quantitative estimate of drug-likeness (QED) is 0.548. The zero-order valence-electron chi connectivity index (χ0n) is 15.7. The molecule has 0 aliphatic carbocycles. The number of hydrazine groups is 2. The first-order valence-corrected chi connectivity index (χ1v) is 11.2. The number of thiol groups is 1. The highest BCUT2D eigenvalue weighted by molar-refractivity contribution is 8.00. The van der Waals surface area contributed by atoms with E-state index in [0.29, 0.717) is 34.8 Å². The van der Waals surface area contributed by atoms with Crippen LogP contribution in [0.1, 0.15) is 0 Å². The van der Waals surface area contributed by atoms with E-state index in [1.54, 1.807) is 53.8 Å². The van der Waals surface area contributed by atoms with Gasteiger partial charge in [0.05, 0.1) is 18.8 Å². The summed E-state index contributed by atoms with van der Waals surface area (Å²) in [5.74, 6) is -0.465. The van der Waals surface area contributed by atoms with E-state index in [-0.39, 0.29) is 6.10 Å². The van der Waals surface area contributed by atoms with Crippen molar-refractivity contribution in [3.8, 4) is 11.1 Å². The van der Waals surface area contributed by atoms with Crippen LogP contribution in [0.15, 0.2) is 59.8 Å². The molecule has 2 aromatic carbocycles. The summed E-state index contributed by atoms with van der Waals surface area (Å²) in [7, 11) is -2.86. The van der Waals surface area contributed by atoms with Crippen LogP contribution < -0.4 is 21.0 Å². The van der Waals surface area contributed by atoms with Crippen LogP contribution in [0.3, 0.4) is 0 Å². The fraction of sp³-hybridized carbons (Fsp3) is 0.211. The third-order valence-electron chi connectivity index (χ3n) is 4.78. The molecule has 1 fully saturated rings. The van der Waals surface area contributed by atoms with Crippen LogP contribution in [0.4, 0.5) is 14.9 Å². The number of carbonyl (C=O) groups excluding carboxylic acids is 1. The van der Waals surface area contributed by atoms with Gasteiger partial charge in [0.1, 0.15) is 11.9 Å². The Balaban J connectivity index is 1.50. The number of amides is 1. The number of cyclic esters (lactones) is 1. The molecule has 0 spiro atoms. The predicted molar refractivity (Wildman–Crippen MR) is 109 cm³/mol. The van der Waals surface area contributed by atoms with Crippen molar-refractivity contribution >= 4 is 21.9 Å². The second-order valence-corrected chi connectivity index (χ2v) is 9.54. The van der Waals surface area contributed by atoms with Gasteiger partial charge in [-0.05, 0) is 46.0 Å². The number of hydrogen-bond donors (Lipinski definition) is 4. The molecular weight excluding hydrogens is 397 g/mol. The molecule has 0 aromatic heterocycles. The van der Waals surface area contributed by atoms with Crippen molar-refractivity contribution in [3.05, 3.63) is 60.7 Å². The van der Waals surface area contributed by atoms with Gasteiger partial charge >= 0.3 is 6.09 Å². The number of nitrogens with zero attached hydrogens (tertiary/aromatic N) is 2. The van der Waals surface area contributed by atoms with Gasteiger partial charge in [0.2, 0.25) is 0 Å². The van der Waals surface area contributed by atoms with Crippen LogP contribution in [0.25, 0.3) is 11.1 Å². The van der Waals surface area contributed by atoms with Crippen molar-refractivity contribution in [2.24, 2.45) is 5.14 Å². The number of halogens is 1. The Labute approximate surface area is 168 Å². The highest BCUT2D eigenvalue weighted by Crippen LogP contribution is 2.30. The number of nitrogens with one attached hydrogen (secondary N) is 2. The lowest BCUT2D eigenvalue weighted by atomic mass is 10.0. The summed E-state index contributed by atoms with van der Waals surface area (Å²) >= 11 is 0. The topological polar surface area (TPSA) is 99.9 Å². The van der Waals surface area contributed by atoms with Crippen molar-refractivity contribution in [2.75, 3.05) is 24.2 Å². The molecule has 0 radical (unpaired) electrons. The molecule has 4 rings (SSSR count). The first kappa shape index (κ1) is 19.4. The summed E-state index contributed by atoms with van der Waals surface area (Å²) in [6.45, 7) is 0.779. The average Bonchev–Trinajstić information content (AvgIpc) is 3.31. The molecule has 10 heteroatoms. The van der Waals surface area contributed by atoms with Gasteiger partial charge in [0, 0.05) is 29.1 Å². The van der Waals surface area contributed by atoms with Crippen LogP contribution >= 0.6 is 0 Å². The summed E-state index contributed by atoms with van der Waals surface area (Å²) in [6.07, 6.45) is 4.13. The zero-order valence-corrected chi connectivity index (χ0v) is 16.6. The molecule has 29 heavy (non-hydrogen) atoms. The Bertz CT molecular complexity index is 1010. The molecule has 1 saturated heterocycles. The van der Waals surface area contributed by atoms with Crippen LogP contribution in [0.2, 0.25) is 0 Å². The first-order chi connectivity index (χ1) is 13.8. The number of nitrogens with two attached hydrogens (primary N) is 1. The molecule has 1 amide bonds. The number of carbonyl (C=O) groups is 1. The van der Waals surface area contributed by atoms with Crippen molar-refractivity contribution in [3.63, 3.8) is 0 Å². The maximum atomic E-state index is 14.8. The van der Waals surface area contributed by atoms with Gasteiger partial charge in [0.25, 0.3) is 0 Å². The molecule has 2 aliphatic rings. The third-order valence-corrected chi connectivity index (χ3v) is 6.10. The maximum absolute atomic E-state index is 14.8. The van der Waals surface area contributed by atoms with E-state index in [0.717, 1.165) is 0 Å². The molecular formula is C19H22FN5O3S. The summed E-state index contributed by atoms with van der Waals surface area (Å²) in [6, 6.07) is 11.3. The minimum Gasteiger partial charge on any atom is -0.442 e. The average molecular weight is 419 g/mol. The Morgan fingerprint density at radius 3 is 2.66 bits per heavy atom. The van der Waals surface area contributed by atoms with Crippen molar-refractivity contribution < 1.29 is 18.1 Å². The van der Waals surface area contributed by atoms with Gasteiger partial charge in [-0.15, -0.1) is 5.53 Å². The molecule has 154 valence electrons. The zero-order chi connectivity index (χ0) is 20.6. The summed E-state index contributed by atoms with van der Waals surface area (Å²) < 4.78 is 32.1. The van der Waals surface area contributed by atoms with Gasteiger partial charge in [-0.1, -0.05) is 12.1 Å². The monoisotopic (exact) mass is 419 g/mol. The molecule has 0 saturated carbocycles. The third kappa shape index (κ3) is 4.09. The highest BCUT2D eigenvalue weighted by atomic mass is 32.3. The van der Waals surface area contributed by atoms with Crippen molar-refractivity contribution in [1.82, 2.24) is 16.0 Å². The summed E-state index contributed by atoms with van der Waals surface area (Å²) in [5.41, 5.74) is 7.13. The van der Waals surface area contributed by atoms with E-state index in [1.807, 2.05) is 0 Å². The van der Waals surface area contributed by atoms with Crippen LogP contribution in [0.5, 0.6) is 0 Å². The molecule has 0 bridgehead atoms. The number of ether oxygens (including phenoxy) is 1. The molecule has 0 unspecified atom stereocenters. The van der Waals surface area contributed by atoms with Crippen molar-refractivity contribution in [1.29, 1.82) is 0 Å². The number of rotatable bonds is 5. The Kier molecular flexibility index (Phi) is 4.99. The number of anilines is 1. The van der Waals surface area contributed by atoms with Crippen molar-refractivity contribution in [2.45, 2.75) is 11.0 Å². The molecule has 2 heterocycles. The maximum Gasteiger partial charge on any atom is 0.414 e. The Hall–Kier alpha value is -2.95. The van der Waals surface area contributed by atoms with Crippen LogP contribution in [-0.2, 0) is 14.9 Å². The van der Waals surface area contributed by atoms with Crippen LogP contribution in [-0.4, -0.2) is 40.8 Å². The SMILES string of the molecule is C[SH](N)(=O)c1ccc(-c2ccc(N3C[C@H](CN4C=CNN4)OC3=O)cc2F)cc1. The van der Waals surface area contributed by atoms with E-state index in [4.69, 9.17) is 9.88 Å². The molecule has 1 atom stereocenters. The predicted octanol–water partition coefficient (Wildman–Crippen LogP) is 1.49. The summed E-state index contributed by atoms with van der Waals surface area (Å²) in [5, 5.41) is 7.41. The van der Waals surface area contributed by atoms with E-state index in [2.05, 4.69) is 11.0 Å². The lowest BCUT2D eigenvalue weighted by Gasteiger charge is -2.18. The van der Waals surface area contributed by atoms with Gasteiger partial charge in [-0.2, -0.15) is 0 Å². The largest absolute Gasteiger partial charge is 0.442 e. The summed E-state index contributed by atoms with van der Waals surface area (Å²) in [4.78, 5) is 14.2. The lowest BCUT2D eigenvalue weighted by molar-refractivity contribution is 0.109. The van der Waals surface area contributed by atoms with E-state index in [1.165, 1.54) is 17.2 Å². The fourth-order valence-electron chi connectivity index (χ4n) is 3.28. The number of benzene rings is 2. The van der Waals surface area contributed by atoms with Gasteiger partial charge in [-0.3, -0.25) is 19.3 Å². The molecule has 8 nitrogen and oxygen atoms in total. The molecule has 2 aromatic rings. The van der Waals surface area contributed by atoms with Gasteiger partial charge in [0.15, 0.2) is 0 Å². The lowest BCUT2D eigenvalue weighted by Crippen LogP contribution is -2.41. The number of hydrogen-bond acceptors (Lipinski definition) is 6.